The highest BCUT2D eigenvalue weighted by Gasteiger charge is 2.37. The molecule has 0 saturated carbocycles. The Morgan fingerprint density at radius 2 is 1.75 bits per heavy atom. The summed E-state index contributed by atoms with van der Waals surface area (Å²) in [7, 11) is 0. The molecule has 2 aliphatic heterocycles. The van der Waals surface area contributed by atoms with Gasteiger partial charge in [0.25, 0.3) is 0 Å². The molecule has 5 nitrogen and oxygen atoms in total. The first-order valence-electron chi connectivity index (χ1n) is 10.7. The van der Waals surface area contributed by atoms with Crippen LogP contribution in [0.25, 0.3) is 0 Å². The molecule has 0 aromatic heterocycles. The van der Waals surface area contributed by atoms with E-state index >= 15 is 0 Å². The van der Waals surface area contributed by atoms with Gasteiger partial charge in [0.05, 0.1) is 17.8 Å². The second-order valence-electron chi connectivity index (χ2n) is 8.52. The van der Waals surface area contributed by atoms with Gasteiger partial charge in [-0.25, -0.2) is 14.8 Å². The van der Waals surface area contributed by atoms with Gasteiger partial charge in [0.2, 0.25) is 0 Å². The first kappa shape index (κ1) is 20.8. The zero-order chi connectivity index (χ0) is 22.3. The minimum Gasteiger partial charge on any atom is -0.269 e. The van der Waals surface area contributed by atoms with Crippen LogP contribution in [-0.2, 0) is 6.18 Å². The van der Waals surface area contributed by atoms with Crippen LogP contribution in [0.3, 0.4) is 0 Å². The molecule has 0 spiro atoms. The van der Waals surface area contributed by atoms with E-state index in [1.165, 1.54) is 17.1 Å². The molecule has 3 unspecified atom stereocenters. The molecular formula is C24H23F3N4O. The van der Waals surface area contributed by atoms with Crippen LogP contribution in [0.1, 0.15) is 29.0 Å². The SMILES string of the molecule is O=C(NN1CC2C=CCC2C1)N1CC(c2ccccc2)C(c2ccc(C(F)(F)F)cc2)=N1. The molecule has 32 heavy (non-hydrogen) atoms. The molecular weight excluding hydrogens is 417 g/mol. The maximum Gasteiger partial charge on any atom is 0.416 e. The van der Waals surface area contributed by atoms with E-state index in [0.29, 0.717) is 29.7 Å². The van der Waals surface area contributed by atoms with E-state index in [0.717, 1.165) is 37.2 Å². The summed E-state index contributed by atoms with van der Waals surface area (Å²) < 4.78 is 39.0. The van der Waals surface area contributed by atoms with Crippen molar-refractivity contribution < 1.29 is 18.0 Å². The summed E-state index contributed by atoms with van der Waals surface area (Å²) in [6.45, 7) is 1.90. The number of amides is 2. The van der Waals surface area contributed by atoms with E-state index in [4.69, 9.17) is 0 Å². The van der Waals surface area contributed by atoms with Crippen molar-refractivity contribution in [2.45, 2.75) is 18.5 Å². The quantitative estimate of drug-likeness (QED) is 0.707. The third kappa shape index (κ3) is 4.02. The summed E-state index contributed by atoms with van der Waals surface area (Å²) in [5.41, 5.74) is 4.36. The lowest BCUT2D eigenvalue weighted by atomic mass is 9.90. The molecule has 1 N–H and O–H groups in total. The smallest absolute Gasteiger partial charge is 0.269 e. The van der Waals surface area contributed by atoms with Gasteiger partial charge in [0, 0.05) is 19.0 Å². The Morgan fingerprint density at radius 1 is 1.00 bits per heavy atom. The Labute approximate surface area is 184 Å². The van der Waals surface area contributed by atoms with Crippen LogP contribution in [0, 0.1) is 11.8 Å². The summed E-state index contributed by atoms with van der Waals surface area (Å²) in [6, 6.07) is 14.2. The molecule has 8 heteroatoms. The number of benzene rings is 2. The van der Waals surface area contributed by atoms with Gasteiger partial charge in [-0.3, -0.25) is 5.43 Å². The van der Waals surface area contributed by atoms with Crippen molar-refractivity contribution in [2.75, 3.05) is 19.6 Å². The maximum atomic E-state index is 13.0. The molecule has 3 atom stereocenters. The van der Waals surface area contributed by atoms with Crippen LogP contribution >= 0.6 is 0 Å². The Morgan fingerprint density at radius 3 is 2.44 bits per heavy atom. The number of urea groups is 1. The van der Waals surface area contributed by atoms with E-state index in [-0.39, 0.29) is 11.9 Å². The Bertz CT molecular complexity index is 1050. The highest BCUT2D eigenvalue weighted by atomic mass is 19.4. The van der Waals surface area contributed by atoms with Crippen LogP contribution in [0.2, 0.25) is 0 Å². The largest absolute Gasteiger partial charge is 0.416 e. The highest BCUT2D eigenvalue weighted by Crippen LogP contribution is 2.34. The van der Waals surface area contributed by atoms with E-state index in [2.05, 4.69) is 22.7 Å². The van der Waals surface area contributed by atoms with Crippen LogP contribution in [-0.4, -0.2) is 41.4 Å². The summed E-state index contributed by atoms with van der Waals surface area (Å²) in [6.07, 6.45) is 1.04. The van der Waals surface area contributed by atoms with Gasteiger partial charge >= 0.3 is 12.2 Å². The number of hydrazone groups is 1. The van der Waals surface area contributed by atoms with E-state index in [1.54, 1.807) is 0 Å². The molecule has 1 aliphatic carbocycles. The third-order valence-electron chi connectivity index (χ3n) is 6.43. The summed E-state index contributed by atoms with van der Waals surface area (Å²) in [4.78, 5) is 13.0. The standard InChI is InChI=1S/C24H23F3N4O/c25-24(26,27)20-11-9-17(10-12-20)22-21(16-5-2-1-3-6-16)15-31(28-22)23(32)29-30-13-18-7-4-8-19(18)14-30/h1-7,9-12,18-19,21H,8,13-15H2,(H,29,32). The Balaban J connectivity index is 1.38. The summed E-state index contributed by atoms with van der Waals surface area (Å²) >= 11 is 0. The number of hydrogen-bond donors (Lipinski definition) is 1. The van der Waals surface area contributed by atoms with Crippen molar-refractivity contribution in [3.63, 3.8) is 0 Å². The predicted octanol–water partition coefficient (Wildman–Crippen LogP) is 4.64. The molecule has 166 valence electrons. The van der Waals surface area contributed by atoms with Gasteiger partial charge in [-0.1, -0.05) is 54.6 Å². The third-order valence-corrected chi connectivity index (χ3v) is 6.43. The number of alkyl halides is 3. The number of halogens is 3. The lowest BCUT2D eigenvalue weighted by molar-refractivity contribution is -0.137. The predicted molar refractivity (Wildman–Crippen MR) is 115 cm³/mol. The first-order valence-corrected chi connectivity index (χ1v) is 10.7. The fourth-order valence-corrected chi connectivity index (χ4v) is 4.74. The molecule has 0 radical (unpaired) electrons. The monoisotopic (exact) mass is 440 g/mol. The molecule has 1 fully saturated rings. The number of rotatable bonds is 3. The van der Waals surface area contributed by atoms with E-state index < -0.39 is 11.7 Å². The summed E-state index contributed by atoms with van der Waals surface area (Å²) in [5, 5.41) is 7.86. The second kappa shape index (κ2) is 8.09. The molecule has 2 amide bonds. The lowest BCUT2D eigenvalue weighted by Gasteiger charge is -2.21. The topological polar surface area (TPSA) is 47.9 Å². The van der Waals surface area contributed by atoms with Crippen molar-refractivity contribution in [1.29, 1.82) is 0 Å². The average Bonchev–Trinajstić information content (AvgIpc) is 3.49. The van der Waals surface area contributed by atoms with Gasteiger partial charge < -0.3 is 0 Å². The van der Waals surface area contributed by atoms with E-state index in [9.17, 15) is 18.0 Å². The van der Waals surface area contributed by atoms with Crippen LogP contribution in [0.4, 0.5) is 18.0 Å². The Hall–Kier alpha value is -3.13. The maximum absolute atomic E-state index is 13.0. The summed E-state index contributed by atoms with van der Waals surface area (Å²) in [5.74, 6) is 0.786. The number of carbonyl (C=O) groups excluding carboxylic acids is 1. The minimum absolute atomic E-state index is 0.223. The molecule has 5 rings (SSSR count). The van der Waals surface area contributed by atoms with Crippen molar-refractivity contribution >= 4 is 11.7 Å². The fourth-order valence-electron chi connectivity index (χ4n) is 4.74. The zero-order valence-corrected chi connectivity index (χ0v) is 17.3. The van der Waals surface area contributed by atoms with Crippen molar-refractivity contribution in [3.8, 4) is 0 Å². The number of nitrogens with one attached hydrogen (secondary N) is 1. The molecule has 1 saturated heterocycles. The highest BCUT2D eigenvalue weighted by molar-refractivity contribution is 6.07. The lowest BCUT2D eigenvalue weighted by Crippen LogP contribution is -2.46. The number of fused-ring (bicyclic) bond motifs is 1. The normalized spacial score (nSPS) is 25.2. The van der Waals surface area contributed by atoms with Gasteiger partial charge in [-0.2, -0.15) is 18.3 Å². The number of allylic oxidation sites excluding steroid dienone is 1. The van der Waals surface area contributed by atoms with Crippen LogP contribution < -0.4 is 5.43 Å². The van der Waals surface area contributed by atoms with Gasteiger partial charge in [-0.15, -0.1) is 0 Å². The number of hydrazine groups is 1. The molecule has 2 aromatic rings. The van der Waals surface area contributed by atoms with Crippen molar-refractivity contribution in [2.24, 2.45) is 16.9 Å². The van der Waals surface area contributed by atoms with Gasteiger partial charge in [0.15, 0.2) is 0 Å². The molecule has 0 bridgehead atoms. The molecule has 2 aromatic carbocycles. The van der Waals surface area contributed by atoms with Crippen molar-refractivity contribution in [3.05, 3.63) is 83.4 Å². The fraction of sp³-hybridized carbons (Fsp3) is 0.333. The van der Waals surface area contributed by atoms with Gasteiger partial charge in [0.1, 0.15) is 0 Å². The van der Waals surface area contributed by atoms with Crippen molar-refractivity contribution in [1.82, 2.24) is 15.4 Å². The Kier molecular flexibility index (Phi) is 5.25. The number of carbonyl (C=O) groups is 1. The zero-order valence-electron chi connectivity index (χ0n) is 17.3. The minimum atomic E-state index is -4.40. The first-order chi connectivity index (χ1) is 15.4. The molecule has 3 aliphatic rings. The van der Waals surface area contributed by atoms with E-state index in [1.807, 2.05) is 35.3 Å². The molecule has 2 heterocycles. The van der Waals surface area contributed by atoms with Gasteiger partial charge in [-0.05, 0) is 41.5 Å². The number of nitrogens with zero attached hydrogens (tertiary/aromatic N) is 3. The number of hydrogen-bond acceptors (Lipinski definition) is 3. The van der Waals surface area contributed by atoms with Crippen LogP contribution in [0.5, 0.6) is 0 Å². The average molecular weight is 440 g/mol. The second-order valence-corrected chi connectivity index (χ2v) is 8.52. The van der Waals surface area contributed by atoms with Crippen LogP contribution in [0.15, 0.2) is 71.9 Å².